The van der Waals surface area contributed by atoms with E-state index in [1.807, 2.05) is 0 Å². The third kappa shape index (κ3) is 4.40. The van der Waals surface area contributed by atoms with Crippen LogP contribution in [0.1, 0.15) is 0 Å². The third-order valence-corrected chi connectivity index (χ3v) is 2.11. The van der Waals surface area contributed by atoms with E-state index >= 15 is 0 Å². The number of rotatable bonds is 7. The fourth-order valence-electron chi connectivity index (χ4n) is 1.23. The minimum absolute atomic E-state index is 0.139. The van der Waals surface area contributed by atoms with E-state index in [4.69, 9.17) is 9.84 Å². The van der Waals surface area contributed by atoms with Crippen molar-refractivity contribution < 1.29 is 24.4 Å². The molecule has 0 saturated heterocycles. The summed E-state index contributed by atoms with van der Waals surface area (Å²) < 4.78 is 4.82. The number of ether oxygens (including phenoxy) is 1. The minimum Gasteiger partial charge on any atom is -0.481 e. The van der Waals surface area contributed by atoms with Crippen molar-refractivity contribution in [1.29, 1.82) is 0 Å². The number of hydrogen-bond donors (Lipinski definition) is 3. The number of pyridine rings is 1. The fraction of sp³-hybridized carbons (Fsp3) is 0.300. The van der Waals surface area contributed by atoms with Gasteiger partial charge in [0, 0.05) is 12.1 Å². The zero-order valence-electron chi connectivity index (χ0n) is 10.5. The smallest absolute Gasteiger partial charge is 0.322 e. The van der Waals surface area contributed by atoms with Crippen molar-refractivity contribution >= 4 is 23.4 Å². The predicted molar refractivity (Wildman–Crippen MR) is 66.6 cm³/mol. The van der Waals surface area contributed by atoms with Gasteiger partial charge >= 0.3 is 11.7 Å². The van der Waals surface area contributed by atoms with Gasteiger partial charge in [-0.3, -0.25) is 19.7 Å². The highest BCUT2D eigenvalue weighted by Gasteiger charge is 2.17. The first-order chi connectivity index (χ1) is 9.43. The van der Waals surface area contributed by atoms with Crippen LogP contribution in [0, 0.1) is 10.1 Å². The highest BCUT2D eigenvalue weighted by molar-refractivity contribution is 5.84. The lowest BCUT2D eigenvalue weighted by molar-refractivity contribution is -0.384. The molecule has 10 heteroatoms. The Morgan fingerprint density at radius 1 is 1.45 bits per heavy atom. The van der Waals surface area contributed by atoms with Crippen LogP contribution in [0.15, 0.2) is 12.1 Å². The molecule has 0 atom stereocenters. The molecule has 0 aromatic carbocycles. The second kappa shape index (κ2) is 6.87. The lowest BCUT2D eigenvalue weighted by atomic mass is 10.3. The molecule has 0 radical (unpaired) electrons. The molecule has 0 spiro atoms. The molecule has 108 valence electrons. The van der Waals surface area contributed by atoms with Crippen molar-refractivity contribution in [2.75, 3.05) is 25.5 Å². The van der Waals surface area contributed by atoms with Crippen molar-refractivity contribution in [2.24, 2.45) is 0 Å². The molecule has 1 rings (SSSR count). The molecule has 0 unspecified atom stereocenters. The van der Waals surface area contributed by atoms with E-state index < -0.39 is 23.3 Å². The topological polar surface area (TPSA) is 144 Å². The molecular formula is C10H12N4O6. The van der Waals surface area contributed by atoms with Crippen LogP contribution in [0.5, 0.6) is 5.88 Å². The number of carbonyl (C=O) groups excluding carboxylic acids is 1. The van der Waals surface area contributed by atoms with E-state index in [0.717, 1.165) is 0 Å². The zero-order valence-corrected chi connectivity index (χ0v) is 10.5. The lowest BCUT2D eigenvalue weighted by Crippen LogP contribution is -2.34. The number of anilines is 1. The normalized spacial score (nSPS) is 9.65. The minimum atomic E-state index is -1.19. The molecule has 0 aliphatic rings. The Bertz CT molecular complexity index is 532. The Balaban J connectivity index is 2.72. The molecule has 0 saturated carbocycles. The van der Waals surface area contributed by atoms with Crippen LogP contribution in [0.4, 0.5) is 11.5 Å². The summed E-state index contributed by atoms with van der Waals surface area (Å²) in [5.74, 6) is -1.82. The van der Waals surface area contributed by atoms with Crippen LogP contribution >= 0.6 is 0 Å². The summed E-state index contributed by atoms with van der Waals surface area (Å²) in [6.07, 6.45) is 0. The molecule has 1 aromatic rings. The second-order valence-corrected chi connectivity index (χ2v) is 3.50. The van der Waals surface area contributed by atoms with Gasteiger partial charge in [-0.2, -0.15) is 4.98 Å². The Hall–Kier alpha value is -2.91. The van der Waals surface area contributed by atoms with Gasteiger partial charge in [-0.15, -0.1) is 0 Å². The van der Waals surface area contributed by atoms with Gasteiger partial charge in [0.25, 0.3) is 0 Å². The Morgan fingerprint density at radius 3 is 2.70 bits per heavy atom. The summed E-state index contributed by atoms with van der Waals surface area (Å²) in [5, 5.41) is 23.7. The molecule has 1 aromatic heterocycles. The molecule has 0 aliphatic carbocycles. The van der Waals surface area contributed by atoms with Crippen molar-refractivity contribution in [3.63, 3.8) is 0 Å². The van der Waals surface area contributed by atoms with Crippen LogP contribution in [-0.4, -0.2) is 47.1 Å². The number of amides is 1. The van der Waals surface area contributed by atoms with Crippen LogP contribution in [0.25, 0.3) is 0 Å². The van der Waals surface area contributed by atoms with Gasteiger partial charge in [0.1, 0.15) is 6.54 Å². The summed E-state index contributed by atoms with van der Waals surface area (Å²) in [6.45, 7) is -0.886. The van der Waals surface area contributed by atoms with E-state index in [-0.39, 0.29) is 23.9 Å². The van der Waals surface area contributed by atoms with Crippen LogP contribution < -0.4 is 15.4 Å². The first-order valence-corrected chi connectivity index (χ1v) is 5.36. The molecule has 20 heavy (non-hydrogen) atoms. The number of carboxylic acids is 1. The lowest BCUT2D eigenvalue weighted by Gasteiger charge is -2.07. The summed E-state index contributed by atoms with van der Waals surface area (Å²) >= 11 is 0. The number of hydrogen-bond acceptors (Lipinski definition) is 7. The van der Waals surface area contributed by atoms with E-state index in [9.17, 15) is 19.7 Å². The van der Waals surface area contributed by atoms with E-state index in [1.165, 1.54) is 19.2 Å². The van der Waals surface area contributed by atoms with Gasteiger partial charge in [0.2, 0.25) is 17.6 Å². The van der Waals surface area contributed by atoms with Crippen molar-refractivity contribution in [3.8, 4) is 5.88 Å². The average molecular weight is 284 g/mol. The molecule has 1 heterocycles. The second-order valence-electron chi connectivity index (χ2n) is 3.50. The van der Waals surface area contributed by atoms with Crippen LogP contribution in [0.3, 0.4) is 0 Å². The number of aliphatic carboxylic acids is 1. The number of methoxy groups -OCH3 is 1. The first-order valence-electron chi connectivity index (χ1n) is 5.36. The van der Waals surface area contributed by atoms with Gasteiger partial charge in [-0.1, -0.05) is 0 Å². The molecule has 1 amide bonds. The van der Waals surface area contributed by atoms with Crippen molar-refractivity contribution in [2.45, 2.75) is 0 Å². The number of carboxylic acid groups (broad SMARTS) is 1. The standard InChI is InChI=1S/C10H12N4O6/c1-20-8-3-2-6(14(18)19)10(13-8)12-4-7(15)11-5-9(16)17/h2-3H,4-5H2,1H3,(H,11,15)(H,12,13)(H,16,17). The molecule has 10 nitrogen and oxygen atoms in total. The zero-order chi connectivity index (χ0) is 15.1. The van der Waals surface area contributed by atoms with Crippen molar-refractivity contribution in [1.82, 2.24) is 10.3 Å². The van der Waals surface area contributed by atoms with Gasteiger partial charge in [-0.25, -0.2) is 0 Å². The van der Waals surface area contributed by atoms with Gasteiger partial charge in [0.15, 0.2) is 0 Å². The number of carbonyl (C=O) groups is 2. The molecule has 0 bridgehead atoms. The van der Waals surface area contributed by atoms with E-state index in [2.05, 4.69) is 15.6 Å². The van der Waals surface area contributed by atoms with Gasteiger partial charge < -0.3 is 20.5 Å². The Morgan fingerprint density at radius 2 is 2.15 bits per heavy atom. The summed E-state index contributed by atoms with van der Waals surface area (Å²) in [7, 11) is 1.34. The summed E-state index contributed by atoms with van der Waals surface area (Å²) in [6, 6.07) is 2.50. The first kappa shape index (κ1) is 15.1. The molecule has 0 aliphatic heterocycles. The average Bonchev–Trinajstić information content (AvgIpc) is 2.42. The Labute approximate surface area is 112 Å². The van der Waals surface area contributed by atoms with Crippen LogP contribution in [0.2, 0.25) is 0 Å². The SMILES string of the molecule is COc1ccc([N+](=O)[O-])c(NCC(=O)NCC(=O)O)n1. The highest BCUT2D eigenvalue weighted by atomic mass is 16.6. The van der Waals surface area contributed by atoms with Gasteiger partial charge in [0.05, 0.1) is 18.6 Å². The largest absolute Gasteiger partial charge is 0.481 e. The molecular weight excluding hydrogens is 272 g/mol. The third-order valence-electron chi connectivity index (χ3n) is 2.11. The monoisotopic (exact) mass is 284 g/mol. The highest BCUT2D eigenvalue weighted by Crippen LogP contribution is 2.24. The predicted octanol–water partition coefficient (Wildman–Crippen LogP) is -0.389. The maximum Gasteiger partial charge on any atom is 0.322 e. The molecule has 0 fully saturated rings. The van der Waals surface area contributed by atoms with Crippen molar-refractivity contribution in [3.05, 3.63) is 22.2 Å². The van der Waals surface area contributed by atoms with E-state index in [1.54, 1.807) is 0 Å². The molecule has 3 N–H and O–H groups in total. The maximum atomic E-state index is 11.3. The number of nitrogens with zero attached hydrogens (tertiary/aromatic N) is 2. The van der Waals surface area contributed by atoms with Crippen LogP contribution in [-0.2, 0) is 9.59 Å². The number of aromatic nitrogens is 1. The Kier molecular flexibility index (Phi) is 5.21. The number of nitrogens with one attached hydrogen (secondary N) is 2. The quantitative estimate of drug-likeness (QED) is 0.453. The fourth-order valence-corrected chi connectivity index (χ4v) is 1.23. The summed E-state index contributed by atoms with van der Waals surface area (Å²) in [5.41, 5.74) is -0.322. The number of nitro groups is 1. The summed E-state index contributed by atoms with van der Waals surface area (Å²) in [4.78, 5) is 35.5. The van der Waals surface area contributed by atoms with E-state index in [0.29, 0.717) is 0 Å². The van der Waals surface area contributed by atoms with Gasteiger partial charge in [-0.05, 0) is 0 Å². The maximum absolute atomic E-state index is 11.3.